The molecule has 0 radical (unpaired) electrons. The number of fused-ring (bicyclic) bond motifs is 3. The van der Waals surface area contributed by atoms with Gasteiger partial charge in [0.15, 0.2) is 0 Å². The first kappa shape index (κ1) is 31.5. The summed E-state index contributed by atoms with van der Waals surface area (Å²) in [5, 5.41) is 0. The number of halogens is 2. The van der Waals surface area contributed by atoms with E-state index in [9.17, 15) is 0 Å². The Morgan fingerprint density at radius 3 is 1.64 bits per heavy atom. The molecule has 0 spiro atoms. The Kier molecular flexibility index (Phi) is 7.87. The molecule has 2 nitrogen and oxygen atoms in total. The fourth-order valence-corrected chi connectivity index (χ4v) is 92.8. The van der Waals surface area contributed by atoms with Gasteiger partial charge in [-0.05, 0) is 0 Å². The van der Waals surface area contributed by atoms with Crippen LogP contribution in [0.25, 0.3) is 11.1 Å². The SMILES string of the molecule is C[CH2][Zr]([CH3])(=[SiH2])([NH]C(C)(C)C)([O][Si](C)(C)C)([CH]1c2ccccc2-c2ccccc21)[SiH](C)C.Cl.Cl. The Labute approximate surface area is 213 Å². The summed E-state index contributed by atoms with van der Waals surface area (Å²) in [6.07, 6.45) is 0. The van der Waals surface area contributed by atoms with E-state index in [0.29, 0.717) is 3.63 Å². The smallest absolute Gasteiger partial charge is 0.147 e. The van der Waals surface area contributed by atoms with Gasteiger partial charge < -0.3 is 0 Å². The van der Waals surface area contributed by atoms with Gasteiger partial charge in [-0.3, -0.25) is 0 Å². The van der Waals surface area contributed by atoms with Gasteiger partial charge in [-0.25, -0.2) is 0 Å². The van der Waals surface area contributed by atoms with Gasteiger partial charge in [0.25, 0.3) is 0 Å². The van der Waals surface area contributed by atoms with E-state index in [1.165, 1.54) is 22.3 Å². The van der Waals surface area contributed by atoms with Crippen molar-refractivity contribution in [1.82, 2.24) is 3.26 Å². The van der Waals surface area contributed by atoms with Crippen LogP contribution in [0.1, 0.15) is 42.4 Å². The zero-order valence-corrected chi connectivity index (χ0v) is 30.1. The number of hydrogen-bond acceptors (Lipinski definition) is 2. The molecule has 0 saturated carbocycles. The molecule has 188 valence electrons. The van der Waals surface area contributed by atoms with Gasteiger partial charge >= 0.3 is 190 Å². The minimum atomic E-state index is -5.24. The van der Waals surface area contributed by atoms with Crippen molar-refractivity contribution in [2.24, 2.45) is 0 Å². The average molecular weight is 624 g/mol. The summed E-state index contributed by atoms with van der Waals surface area (Å²) in [7, 11) is -1.94. The van der Waals surface area contributed by atoms with Crippen molar-refractivity contribution in [3.63, 3.8) is 0 Å². The van der Waals surface area contributed by atoms with Crippen LogP contribution in [0.2, 0.25) is 41.5 Å². The van der Waals surface area contributed by atoms with E-state index in [4.69, 9.17) is 2.50 Å². The predicted molar refractivity (Wildman–Crippen MR) is 159 cm³/mol. The Balaban J connectivity index is 0.00000272. The van der Waals surface area contributed by atoms with Crippen molar-refractivity contribution < 1.29 is 16.8 Å². The average Bonchev–Trinajstić information content (AvgIpc) is 2.95. The van der Waals surface area contributed by atoms with Crippen molar-refractivity contribution in [3.8, 4) is 11.1 Å². The number of hydrogen-bond donors (Lipinski definition) is 1. The first-order valence-corrected chi connectivity index (χ1v) is 36.4. The summed E-state index contributed by atoms with van der Waals surface area (Å²) < 4.78 is 16.7. The van der Waals surface area contributed by atoms with Gasteiger partial charge in [-0.1, -0.05) is 0 Å². The second kappa shape index (κ2) is 8.24. The number of rotatable bonds is 6. The fraction of sp³-hybridized carbons (Fsp3) is 0.520. The van der Waals surface area contributed by atoms with Crippen LogP contribution >= 0.6 is 24.8 Å². The summed E-state index contributed by atoms with van der Waals surface area (Å²) >= 11 is -5.24. The molecular weight excluding hydrogens is 577 g/mol. The molecule has 0 bridgehead atoms. The summed E-state index contributed by atoms with van der Waals surface area (Å²) in [4.78, 5) is 0. The molecule has 0 fully saturated rings. The molecule has 0 aromatic heterocycles. The maximum Gasteiger partial charge on any atom is -0.147 e. The Bertz CT molecular complexity index is 1120. The third-order valence-electron chi connectivity index (χ3n) is 9.14. The van der Waals surface area contributed by atoms with Gasteiger partial charge in [0.2, 0.25) is 0 Å². The predicted octanol–water partition coefficient (Wildman–Crippen LogP) is 7.45. The second-order valence-corrected chi connectivity index (χ2v) is 89.2. The monoisotopic (exact) mass is 621 g/mol. The number of nitrogens with one attached hydrogen (secondary N) is 1. The van der Waals surface area contributed by atoms with Crippen LogP contribution in [0.15, 0.2) is 48.5 Å². The van der Waals surface area contributed by atoms with Crippen molar-refractivity contribution in [3.05, 3.63) is 59.7 Å². The van der Waals surface area contributed by atoms with Crippen LogP contribution in [0.4, 0.5) is 0 Å². The quantitative estimate of drug-likeness (QED) is 0.338. The van der Waals surface area contributed by atoms with E-state index in [1.54, 1.807) is 0 Å². The molecule has 8 heteroatoms. The Morgan fingerprint density at radius 2 is 1.33 bits per heavy atom. The second-order valence-electron chi connectivity index (χ2n) is 13.9. The van der Waals surface area contributed by atoms with Gasteiger partial charge in [-0.2, -0.15) is 0 Å². The summed E-state index contributed by atoms with van der Waals surface area (Å²) in [6.45, 7) is 24.2. The van der Waals surface area contributed by atoms with Crippen LogP contribution in [-0.2, 0) is 16.8 Å². The molecule has 2 aromatic rings. The minimum absolute atomic E-state index is 0. The zero-order valence-electron chi connectivity index (χ0n) is 22.4. The topological polar surface area (TPSA) is 21.3 Å². The first-order chi connectivity index (χ1) is 13.9. The molecule has 0 atom stereocenters. The molecule has 1 aliphatic rings. The van der Waals surface area contributed by atoms with Crippen LogP contribution in [0.3, 0.4) is 0 Å². The molecule has 0 saturated heterocycles. The van der Waals surface area contributed by atoms with Gasteiger partial charge in [-0.15, -0.1) is 24.8 Å². The summed E-state index contributed by atoms with van der Waals surface area (Å²) in [5.41, 5.74) is 5.74. The standard InChI is InChI=1S/C13H9.C4H10N.C3H9OSi.C2H7Si.C2H5.CH3.2ClH.H2Si.Zr/c1-3-7-12-10(5-1)9-11-6-2-4-8-13(11)12;1-4(2,3)5;1-5(2,3)4;1-3-2;1-2;;;;;/h1-9H;5H,1-3H3;1-3H3;3H,1-2H3;1H2,2H3;1H3;2*1H;1H2;/q;2*-1;;;;;;;+2. The fourth-order valence-electron chi connectivity index (χ4n) is 7.63. The molecule has 0 unspecified atom stereocenters. The normalized spacial score (nSPS) is 17.5. The molecule has 0 amide bonds. The summed E-state index contributed by atoms with van der Waals surface area (Å²) in [6, 6.07) is 18.3. The van der Waals surface area contributed by atoms with Crippen LogP contribution in [0.5, 0.6) is 0 Å². The van der Waals surface area contributed by atoms with E-state index >= 15 is 0 Å². The van der Waals surface area contributed by atoms with Gasteiger partial charge in [0, 0.05) is 0 Å². The molecule has 1 aliphatic carbocycles. The largest absolute Gasteiger partial charge is 0.147 e. The van der Waals surface area contributed by atoms with Crippen molar-refractivity contribution >= 4 is 45.9 Å². The summed E-state index contributed by atoms with van der Waals surface area (Å²) in [5.74, 6) is -1.45. The molecule has 2 aromatic carbocycles. The van der Waals surface area contributed by atoms with Crippen LogP contribution in [-0.4, -0.2) is 26.7 Å². The molecule has 0 heterocycles. The van der Waals surface area contributed by atoms with Crippen molar-refractivity contribution in [2.75, 3.05) is 0 Å². The van der Waals surface area contributed by atoms with Crippen LogP contribution in [0, 0.1) is 0 Å². The molecule has 33 heavy (non-hydrogen) atoms. The van der Waals surface area contributed by atoms with E-state index in [-0.39, 0.29) is 30.4 Å². The van der Waals surface area contributed by atoms with Crippen LogP contribution < -0.4 is 3.26 Å². The van der Waals surface area contributed by atoms with Gasteiger partial charge in [0.05, 0.1) is 0 Å². The zero-order chi connectivity index (χ0) is 23.6. The Hall–Kier alpha value is 0.474. The van der Waals surface area contributed by atoms with E-state index in [2.05, 4.69) is 124 Å². The van der Waals surface area contributed by atoms with E-state index in [1.807, 2.05) is 0 Å². The van der Waals surface area contributed by atoms with Crippen molar-refractivity contribution in [2.45, 2.75) is 78.4 Å². The third-order valence-corrected chi connectivity index (χ3v) is 108. The third kappa shape index (κ3) is 4.43. The molecule has 1 N–H and O–H groups in total. The van der Waals surface area contributed by atoms with Crippen molar-refractivity contribution in [1.29, 1.82) is 0 Å². The van der Waals surface area contributed by atoms with Gasteiger partial charge in [0.1, 0.15) is 0 Å². The first-order valence-electron chi connectivity index (χ1n) is 12.0. The van der Waals surface area contributed by atoms with E-state index in [0.717, 1.165) is 4.13 Å². The maximum atomic E-state index is 8.07. The molecular formula is C25H47Cl2NOSi3Zr. The number of benzene rings is 2. The van der Waals surface area contributed by atoms with E-state index < -0.39 is 28.6 Å². The minimum Gasteiger partial charge on any atom is -0.147 e. The Morgan fingerprint density at radius 1 is 0.939 bits per heavy atom. The maximum absolute atomic E-state index is 8.07. The molecule has 3 rings (SSSR count). The molecule has 0 aliphatic heterocycles.